The highest BCUT2D eigenvalue weighted by molar-refractivity contribution is 7.88. The van der Waals surface area contributed by atoms with Gasteiger partial charge in [0.2, 0.25) is 15.9 Å². The zero-order valence-corrected chi connectivity index (χ0v) is 16.7. The van der Waals surface area contributed by atoms with Crippen molar-refractivity contribution in [2.24, 2.45) is 0 Å². The quantitative estimate of drug-likeness (QED) is 0.753. The van der Waals surface area contributed by atoms with E-state index >= 15 is 0 Å². The molecule has 1 aliphatic carbocycles. The summed E-state index contributed by atoms with van der Waals surface area (Å²) in [6, 6.07) is -0.691. The van der Waals surface area contributed by atoms with Gasteiger partial charge in [-0.15, -0.1) is 0 Å². The Bertz CT molecular complexity index is 825. The van der Waals surface area contributed by atoms with E-state index in [2.05, 4.69) is 14.7 Å². The zero-order valence-electron chi connectivity index (χ0n) is 15.9. The van der Waals surface area contributed by atoms with Gasteiger partial charge in [0.05, 0.1) is 25.0 Å². The van der Waals surface area contributed by atoms with Crippen molar-refractivity contribution in [1.29, 1.82) is 0 Å². The fourth-order valence-corrected chi connectivity index (χ4v) is 5.32. The molecule has 5 rings (SSSR count). The van der Waals surface area contributed by atoms with Crippen LogP contribution in [0.15, 0.2) is 12.5 Å². The molecule has 4 aliphatic rings. The second-order valence-corrected chi connectivity index (χ2v) is 9.60. The molecule has 0 radical (unpaired) electrons. The number of nitrogens with zero attached hydrogens (tertiary/aromatic N) is 3. The molecule has 2 atom stereocenters. The number of fused-ring (bicyclic) bond motifs is 5. The molecule has 1 unspecified atom stereocenters. The van der Waals surface area contributed by atoms with E-state index in [9.17, 15) is 13.2 Å². The van der Waals surface area contributed by atoms with E-state index in [-0.39, 0.29) is 30.7 Å². The van der Waals surface area contributed by atoms with Gasteiger partial charge in [-0.3, -0.25) is 4.79 Å². The molecule has 154 valence electrons. The molecule has 1 aromatic rings. The third kappa shape index (κ3) is 4.28. The van der Waals surface area contributed by atoms with Gasteiger partial charge in [0.15, 0.2) is 6.61 Å². The molecule has 0 spiro atoms. The highest BCUT2D eigenvalue weighted by Gasteiger charge is 2.40. The normalized spacial score (nSPS) is 31.2. The van der Waals surface area contributed by atoms with E-state index in [4.69, 9.17) is 9.47 Å². The molecule has 2 fully saturated rings. The Kier molecular flexibility index (Phi) is 5.52. The number of amides is 1. The first kappa shape index (κ1) is 19.5. The average Bonchev–Trinajstić information content (AvgIpc) is 3.05. The maximum absolute atomic E-state index is 12.8. The number of nitrogens with one attached hydrogen (secondary N) is 1. The Morgan fingerprint density at radius 3 is 2.75 bits per heavy atom. The predicted molar refractivity (Wildman–Crippen MR) is 100 cm³/mol. The summed E-state index contributed by atoms with van der Waals surface area (Å²) >= 11 is 0. The molecule has 10 heteroatoms. The van der Waals surface area contributed by atoms with E-state index in [1.54, 1.807) is 11.1 Å². The number of carbonyl (C=O) groups is 1. The highest BCUT2D eigenvalue weighted by Crippen LogP contribution is 2.37. The van der Waals surface area contributed by atoms with Crippen LogP contribution in [0.4, 0.5) is 0 Å². The smallest absolute Gasteiger partial charge is 0.260 e. The van der Waals surface area contributed by atoms with Gasteiger partial charge in [-0.2, -0.15) is 0 Å². The molecular formula is C18H26N4O5S. The number of carbonyl (C=O) groups excluding carboxylic acids is 1. The Morgan fingerprint density at radius 1 is 1.21 bits per heavy atom. The van der Waals surface area contributed by atoms with Gasteiger partial charge >= 0.3 is 0 Å². The minimum absolute atomic E-state index is 0.113. The minimum Gasteiger partial charge on any atom is -0.467 e. The monoisotopic (exact) mass is 410 g/mol. The highest BCUT2D eigenvalue weighted by atomic mass is 32.2. The van der Waals surface area contributed by atoms with Crippen LogP contribution in [0.25, 0.3) is 0 Å². The second kappa shape index (κ2) is 7.92. The lowest BCUT2D eigenvalue weighted by Gasteiger charge is -2.32. The number of rotatable bonds is 2. The van der Waals surface area contributed by atoms with Crippen molar-refractivity contribution in [2.45, 2.75) is 56.2 Å². The standard InChI is InChI=1S/C18H26N4O5S/c1-28(24,25)21-15-6-7-22-16(15)9-26-13-4-2-12(3-5-13)14-8-19-11-20-18(14)27-10-17(22)23/h8,11-13,15-16,21H,2-7,9-10H2,1H3/t12?,13?,15-,16?/m0/s1. The summed E-state index contributed by atoms with van der Waals surface area (Å²) < 4.78 is 38.1. The molecule has 3 aliphatic heterocycles. The molecule has 1 N–H and O–H groups in total. The van der Waals surface area contributed by atoms with Crippen LogP contribution in [0.3, 0.4) is 0 Å². The second-order valence-electron chi connectivity index (χ2n) is 7.82. The van der Waals surface area contributed by atoms with Crippen molar-refractivity contribution in [3.63, 3.8) is 0 Å². The molecule has 1 saturated heterocycles. The molecule has 1 aromatic heterocycles. The van der Waals surface area contributed by atoms with Crippen LogP contribution in [-0.2, 0) is 19.6 Å². The summed E-state index contributed by atoms with van der Waals surface area (Å²) in [6.45, 7) is 0.649. The lowest BCUT2D eigenvalue weighted by Crippen LogP contribution is -2.50. The van der Waals surface area contributed by atoms with Crippen LogP contribution >= 0.6 is 0 Å². The van der Waals surface area contributed by atoms with Crippen molar-refractivity contribution in [3.05, 3.63) is 18.1 Å². The van der Waals surface area contributed by atoms with Crippen LogP contribution in [-0.4, -0.2) is 73.4 Å². The molecular weight excluding hydrogens is 384 g/mol. The molecule has 1 saturated carbocycles. The lowest BCUT2D eigenvalue weighted by molar-refractivity contribution is -0.136. The molecule has 1 amide bonds. The topological polar surface area (TPSA) is 111 Å². The summed E-state index contributed by atoms with van der Waals surface area (Å²) in [4.78, 5) is 22.9. The SMILES string of the molecule is CS(=O)(=O)N[C@H]1CCN2C(=O)COc3ncncc3C3CCC(CC3)OCC12. The molecule has 28 heavy (non-hydrogen) atoms. The maximum Gasteiger partial charge on any atom is 0.260 e. The summed E-state index contributed by atoms with van der Waals surface area (Å²) in [7, 11) is -3.37. The van der Waals surface area contributed by atoms with Crippen LogP contribution in [0.5, 0.6) is 5.88 Å². The van der Waals surface area contributed by atoms with E-state index in [0.717, 1.165) is 37.5 Å². The van der Waals surface area contributed by atoms with E-state index in [1.807, 2.05) is 0 Å². The van der Waals surface area contributed by atoms with E-state index in [1.165, 1.54) is 6.33 Å². The van der Waals surface area contributed by atoms with Gasteiger partial charge in [0, 0.05) is 24.3 Å². The van der Waals surface area contributed by atoms with Crippen LogP contribution < -0.4 is 9.46 Å². The molecule has 2 bridgehead atoms. The summed E-state index contributed by atoms with van der Waals surface area (Å²) in [5.41, 5.74) is 0.947. The van der Waals surface area contributed by atoms with Gasteiger partial charge in [0.1, 0.15) is 6.33 Å². The van der Waals surface area contributed by atoms with Gasteiger partial charge in [-0.25, -0.2) is 23.1 Å². The first-order valence-corrected chi connectivity index (χ1v) is 11.6. The van der Waals surface area contributed by atoms with E-state index in [0.29, 0.717) is 31.4 Å². The average molecular weight is 410 g/mol. The van der Waals surface area contributed by atoms with E-state index < -0.39 is 10.0 Å². The number of aromatic nitrogens is 2. The molecule has 9 nitrogen and oxygen atoms in total. The first-order valence-electron chi connectivity index (χ1n) is 9.72. The summed E-state index contributed by atoms with van der Waals surface area (Å²) in [6.07, 6.45) is 8.72. The molecule has 0 aromatic carbocycles. The Labute approximate surface area is 164 Å². The van der Waals surface area contributed by atoms with Crippen molar-refractivity contribution in [2.75, 3.05) is 26.0 Å². The number of hydrogen-bond acceptors (Lipinski definition) is 7. The third-order valence-electron chi connectivity index (χ3n) is 5.88. The summed E-state index contributed by atoms with van der Waals surface area (Å²) in [5, 5.41) is 0. The number of ether oxygens (including phenoxy) is 2. The van der Waals surface area contributed by atoms with Gasteiger partial charge in [-0.1, -0.05) is 0 Å². The Balaban J connectivity index is 1.59. The van der Waals surface area contributed by atoms with Crippen molar-refractivity contribution in [3.8, 4) is 5.88 Å². The fourth-order valence-electron chi connectivity index (χ4n) is 4.50. The zero-order chi connectivity index (χ0) is 19.7. The van der Waals surface area contributed by atoms with Crippen LogP contribution in [0.1, 0.15) is 43.6 Å². The largest absolute Gasteiger partial charge is 0.467 e. The predicted octanol–water partition coefficient (Wildman–Crippen LogP) is 0.431. The van der Waals surface area contributed by atoms with Crippen LogP contribution in [0.2, 0.25) is 0 Å². The van der Waals surface area contributed by atoms with Gasteiger partial charge in [0.25, 0.3) is 5.91 Å². The van der Waals surface area contributed by atoms with Gasteiger partial charge in [-0.05, 0) is 38.0 Å². The van der Waals surface area contributed by atoms with Gasteiger partial charge < -0.3 is 14.4 Å². The van der Waals surface area contributed by atoms with Crippen molar-refractivity contribution < 1.29 is 22.7 Å². The Morgan fingerprint density at radius 2 is 2.00 bits per heavy atom. The number of sulfonamides is 1. The maximum atomic E-state index is 12.8. The minimum atomic E-state index is -3.37. The molecule has 4 heterocycles. The summed E-state index contributed by atoms with van der Waals surface area (Å²) in [5.74, 6) is 0.572. The first-order chi connectivity index (χ1) is 13.4. The lowest BCUT2D eigenvalue weighted by atomic mass is 9.83. The Hall–Kier alpha value is -1.78. The fraction of sp³-hybridized carbons (Fsp3) is 0.722. The van der Waals surface area contributed by atoms with Crippen molar-refractivity contribution >= 4 is 15.9 Å². The van der Waals surface area contributed by atoms with Crippen molar-refractivity contribution in [1.82, 2.24) is 19.6 Å². The number of hydrogen-bond donors (Lipinski definition) is 1. The third-order valence-corrected chi connectivity index (χ3v) is 6.61. The van der Waals surface area contributed by atoms with Crippen LogP contribution in [0, 0.1) is 0 Å².